The number of thioether (sulfide) groups is 1. The van der Waals surface area contributed by atoms with E-state index in [1.165, 1.54) is 43.0 Å². The molecule has 0 aliphatic carbocycles. The molecule has 3 aromatic carbocycles. The first-order chi connectivity index (χ1) is 15.3. The minimum Gasteiger partial charge on any atom is -0.326 e. The van der Waals surface area contributed by atoms with Crippen LogP contribution in [0.25, 0.3) is 0 Å². The predicted octanol–water partition coefficient (Wildman–Crippen LogP) is 5.16. The van der Waals surface area contributed by atoms with Crippen molar-refractivity contribution < 1.29 is 18.8 Å². The molecule has 3 N–H and O–H groups in total. The molecule has 3 aromatic rings. The van der Waals surface area contributed by atoms with E-state index in [4.69, 9.17) is 0 Å². The van der Waals surface area contributed by atoms with Crippen LogP contribution in [0.3, 0.4) is 0 Å². The lowest BCUT2D eigenvalue weighted by Crippen LogP contribution is -2.22. The number of nitrogens with one attached hydrogen (secondary N) is 3. The summed E-state index contributed by atoms with van der Waals surface area (Å²) in [5, 5.41) is 7.91. The molecule has 32 heavy (non-hydrogen) atoms. The summed E-state index contributed by atoms with van der Waals surface area (Å²) in [7, 11) is 0. The molecule has 8 heteroatoms. The number of halogens is 1. The molecule has 0 heterocycles. The average molecular weight is 452 g/mol. The lowest BCUT2D eigenvalue weighted by Gasteiger charge is -2.13. The van der Waals surface area contributed by atoms with Crippen LogP contribution in [-0.4, -0.2) is 23.0 Å². The zero-order chi connectivity index (χ0) is 23.1. The Balaban J connectivity index is 1.52. The number of benzene rings is 3. The van der Waals surface area contributed by atoms with Gasteiger partial charge in [-0.15, -0.1) is 11.8 Å². The monoisotopic (exact) mass is 451 g/mol. The molecule has 0 fully saturated rings. The third kappa shape index (κ3) is 6.68. The maximum Gasteiger partial charge on any atom is 0.255 e. The van der Waals surface area contributed by atoms with Gasteiger partial charge >= 0.3 is 0 Å². The van der Waals surface area contributed by atoms with Gasteiger partial charge in [-0.2, -0.15) is 0 Å². The first-order valence-corrected chi connectivity index (χ1v) is 10.7. The van der Waals surface area contributed by atoms with E-state index in [1.807, 2.05) is 12.1 Å². The molecule has 0 spiro atoms. The summed E-state index contributed by atoms with van der Waals surface area (Å²) < 4.78 is 13.0. The first kappa shape index (κ1) is 23.0. The fourth-order valence-corrected chi connectivity index (χ4v) is 3.63. The Hall–Kier alpha value is -3.65. The van der Waals surface area contributed by atoms with Gasteiger partial charge in [0.05, 0.1) is 5.25 Å². The van der Waals surface area contributed by atoms with E-state index >= 15 is 0 Å². The van der Waals surface area contributed by atoms with Gasteiger partial charge in [0.2, 0.25) is 11.8 Å². The maximum absolute atomic E-state index is 13.0. The van der Waals surface area contributed by atoms with Crippen molar-refractivity contribution in [1.29, 1.82) is 0 Å². The van der Waals surface area contributed by atoms with E-state index in [0.29, 0.717) is 22.6 Å². The summed E-state index contributed by atoms with van der Waals surface area (Å²) in [5.74, 6) is -1.05. The van der Waals surface area contributed by atoms with Gasteiger partial charge in [0.1, 0.15) is 5.82 Å². The number of anilines is 3. The number of amides is 3. The Morgan fingerprint density at radius 2 is 1.25 bits per heavy atom. The second kappa shape index (κ2) is 10.6. The molecule has 1 atom stereocenters. The fourth-order valence-electron chi connectivity index (χ4n) is 2.76. The fraction of sp³-hybridized carbons (Fsp3) is 0.125. The average Bonchev–Trinajstić information content (AvgIpc) is 2.76. The molecule has 0 aliphatic rings. The van der Waals surface area contributed by atoms with Gasteiger partial charge in [-0.3, -0.25) is 14.4 Å². The summed E-state index contributed by atoms with van der Waals surface area (Å²) in [5.41, 5.74) is 2.25. The Kier molecular flexibility index (Phi) is 7.62. The van der Waals surface area contributed by atoms with E-state index in [1.54, 1.807) is 43.3 Å². The van der Waals surface area contributed by atoms with Crippen LogP contribution in [0.2, 0.25) is 0 Å². The summed E-state index contributed by atoms with van der Waals surface area (Å²) >= 11 is 1.38. The lowest BCUT2D eigenvalue weighted by molar-refractivity contribution is -0.115. The molecule has 164 valence electrons. The van der Waals surface area contributed by atoms with Gasteiger partial charge in [0, 0.05) is 34.4 Å². The van der Waals surface area contributed by atoms with Gasteiger partial charge in [-0.05, 0) is 79.7 Å². The second-order valence-corrected chi connectivity index (χ2v) is 8.41. The topological polar surface area (TPSA) is 87.3 Å². The van der Waals surface area contributed by atoms with Gasteiger partial charge in [-0.1, -0.05) is 0 Å². The maximum atomic E-state index is 13.0. The number of hydrogen-bond donors (Lipinski definition) is 3. The largest absolute Gasteiger partial charge is 0.326 e. The van der Waals surface area contributed by atoms with Crippen LogP contribution < -0.4 is 16.0 Å². The molecule has 0 saturated carbocycles. The highest BCUT2D eigenvalue weighted by Crippen LogP contribution is 2.26. The summed E-state index contributed by atoms with van der Waals surface area (Å²) in [6, 6.07) is 19.3. The van der Waals surface area contributed by atoms with E-state index < -0.39 is 5.82 Å². The number of rotatable bonds is 7. The molecule has 0 saturated heterocycles. The molecule has 3 amide bonds. The molecular weight excluding hydrogens is 429 g/mol. The minimum absolute atomic E-state index is 0.157. The smallest absolute Gasteiger partial charge is 0.255 e. The van der Waals surface area contributed by atoms with Gasteiger partial charge in [0.15, 0.2) is 0 Å². The van der Waals surface area contributed by atoms with Crippen molar-refractivity contribution in [1.82, 2.24) is 0 Å². The Labute approximate surface area is 189 Å². The van der Waals surface area contributed by atoms with Gasteiger partial charge in [-0.25, -0.2) is 4.39 Å². The highest BCUT2D eigenvalue weighted by atomic mass is 32.2. The van der Waals surface area contributed by atoms with Crippen LogP contribution in [0.4, 0.5) is 21.5 Å². The molecule has 1 unspecified atom stereocenters. The van der Waals surface area contributed by atoms with Crippen LogP contribution in [0.15, 0.2) is 77.7 Å². The molecule has 3 rings (SSSR count). The van der Waals surface area contributed by atoms with Crippen LogP contribution in [0, 0.1) is 5.82 Å². The standard InChI is InChI=1S/C24H22FN3O3S/c1-15(23(30)27-20-9-7-19(8-10-20)26-16(2)29)32-22-13-11-21(12-14-22)28-24(31)17-3-5-18(25)6-4-17/h3-15H,1-2H3,(H,26,29)(H,27,30)(H,28,31). The van der Waals surface area contributed by atoms with Crippen molar-refractivity contribution in [3.63, 3.8) is 0 Å². The minimum atomic E-state index is -0.400. The van der Waals surface area contributed by atoms with E-state index in [2.05, 4.69) is 16.0 Å². The van der Waals surface area contributed by atoms with Crippen molar-refractivity contribution in [3.05, 3.63) is 84.2 Å². The third-order valence-corrected chi connectivity index (χ3v) is 5.49. The van der Waals surface area contributed by atoms with E-state index in [0.717, 1.165) is 4.90 Å². The van der Waals surface area contributed by atoms with Crippen molar-refractivity contribution in [2.24, 2.45) is 0 Å². The normalized spacial score (nSPS) is 11.3. The van der Waals surface area contributed by atoms with E-state index in [9.17, 15) is 18.8 Å². The highest BCUT2D eigenvalue weighted by molar-refractivity contribution is 8.00. The van der Waals surface area contributed by atoms with Crippen molar-refractivity contribution in [2.45, 2.75) is 24.0 Å². The quantitative estimate of drug-likeness (QED) is 0.433. The third-order valence-electron chi connectivity index (χ3n) is 4.37. The van der Waals surface area contributed by atoms with Crippen LogP contribution in [0.1, 0.15) is 24.2 Å². The van der Waals surface area contributed by atoms with Crippen molar-refractivity contribution in [3.8, 4) is 0 Å². The van der Waals surface area contributed by atoms with Crippen LogP contribution >= 0.6 is 11.8 Å². The molecular formula is C24H22FN3O3S. The zero-order valence-corrected chi connectivity index (χ0v) is 18.3. The van der Waals surface area contributed by atoms with Gasteiger partial charge in [0.25, 0.3) is 5.91 Å². The molecule has 0 bridgehead atoms. The van der Waals surface area contributed by atoms with Crippen LogP contribution in [0.5, 0.6) is 0 Å². The molecule has 6 nitrogen and oxygen atoms in total. The number of carbonyl (C=O) groups is 3. The summed E-state index contributed by atoms with van der Waals surface area (Å²) in [4.78, 5) is 36.6. The zero-order valence-electron chi connectivity index (χ0n) is 17.5. The molecule has 0 aliphatic heterocycles. The van der Waals surface area contributed by atoms with Crippen LogP contribution in [-0.2, 0) is 9.59 Å². The predicted molar refractivity (Wildman–Crippen MR) is 125 cm³/mol. The lowest BCUT2D eigenvalue weighted by atomic mass is 10.2. The number of carbonyl (C=O) groups excluding carboxylic acids is 3. The Morgan fingerprint density at radius 1 is 0.750 bits per heavy atom. The highest BCUT2D eigenvalue weighted by Gasteiger charge is 2.15. The number of hydrogen-bond acceptors (Lipinski definition) is 4. The molecule has 0 aromatic heterocycles. The Morgan fingerprint density at radius 3 is 1.81 bits per heavy atom. The SMILES string of the molecule is CC(=O)Nc1ccc(NC(=O)C(C)Sc2ccc(NC(=O)c3ccc(F)cc3)cc2)cc1. The van der Waals surface area contributed by atoms with Crippen molar-refractivity contribution in [2.75, 3.05) is 16.0 Å². The summed E-state index contributed by atoms with van der Waals surface area (Å²) in [6.07, 6.45) is 0. The first-order valence-electron chi connectivity index (χ1n) is 9.82. The van der Waals surface area contributed by atoms with E-state index in [-0.39, 0.29) is 23.0 Å². The van der Waals surface area contributed by atoms with Crippen molar-refractivity contribution >= 4 is 46.5 Å². The Bertz CT molecular complexity index is 1100. The summed E-state index contributed by atoms with van der Waals surface area (Å²) in [6.45, 7) is 3.23. The second-order valence-electron chi connectivity index (χ2n) is 6.99. The molecule has 0 radical (unpaired) electrons. The van der Waals surface area contributed by atoms with Gasteiger partial charge < -0.3 is 16.0 Å².